The van der Waals surface area contributed by atoms with Gasteiger partial charge in [-0.1, -0.05) is 83.1 Å². The Morgan fingerprint density at radius 3 is 0.357 bits per heavy atom. The maximum atomic E-state index is 9.70. The van der Waals surface area contributed by atoms with Crippen LogP contribution in [-0.4, -0.2) is 79.0 Å². The van der Waals surface area contributed by atoms with Crippen LogP contribution in [0.2, 0.25) is 0 Å². The van der Waals surface area contributed by atoms with E-state index in [9.17, 15) is 28.8 Å². The summed E-state index contributed by atoms with van der Waals surface area (Å²) < 4.78 is 0. The van der Waals surface area contributed by atoms with Gasteiger partial charge in [0.2, 0.25) is 0 Å². The van der Waals surface area contributed by atoms with E-state index in [-0.39, 0.29) is 35.5 Å². The summed E-state index contributed by atoms with van der Waals surface area (Å²) in [6.45, 7) is 22.6. The molecular weight excluding hydrogens is 560 g/mol. The molecule has 0 aromatic carbocycles. The van der Waals surface area contributed by atoms with Crippen molar-refractivity contribution >= 4 is 48.4 Å². The normalized spacial score (nSPS) is 8.48. The molecular formula is C28H56O14. The van der Waals surface area contributed by atoms with Gasteiger partial charge in [0.05, 0.1) is 35.5 Å². The number of hydrogen-bond acceptors (Lipinski definition) is 8. The van der Waals surface area contributed by atoms with Crippen molar-refractivity contribution in [2.45, 2.75) is 96.9 Å². The van der Waals surface area contributed by atoms with Gasteiger partial charge in [0, 0.05) is 0 Å². The monoisotopic (exact) mass is 616 g/mol. The van der Waals surface area contributed by atoms with Crippen LogP contribution in [0.3, 0.4) is 0 Å². The highest BCUT2D eigenvalue weighted by Crippen LogP contribution is 1.89. The van der Waals surface area contributed by atoms with Crippen LogP contribution >= 0.6 is 0 Å². The fourth-order valence-corrected chi connectivity index (χ4v) is 0. The van der Waals surface area contributed by atoms with E-state index in [1.165, 1.54) is 13.8 Å². The topological polar surface area (TPSA) is 258 Å². The van der Waals surface area contributed by atoms with Crippen molar-refractivity contribution in [1.29, 1.82) is 0 Å². The molecule has 0 amide bonds. The average Bonchev–Trinajstić information content (AvgIpc) is 2.81. The second kappa shape index (κ2) is 41.6. The molecule has 14 heteroatoms. The molecule has 252 valence electrons. The van der Waals surface area contributed by atoms with Gasteiger partial charge < -0.3 is 40.2 Å². The third kappa shape index (κ3) is 110. The lowest BCUT2D eigenvalue weighted by molar-refractivity contribution is -0.141. The van der Waals surface area contributed by atoms with E-state index in [0.717, 1.165) is 12.6 Å². The molecule has 0 saturated carbocycles. The van der Waals surface area contributed by atoms with Crippen LogP contribution in [-0.2, 0) is 38.4 Å². The molecule has 0 atom stereocenters. The van der Waals surface area contributed by atoms with Crippen molar-refractivity contribution in [3.63, 3.8) is 0 Å². The van der Waals surface area contributed by atoms with E-state index >= 15 is 0 Å². The fourth-order valence-electron chi connectivity index (χ4n) is 0. The number of carbonyl (C=O) groups excluding carboxylic acids is 2. The summed E-state index contributed by atoms with van der Waals surface area (Å²) in [5.74, 6) is -5.83. The van der Waals surface area contributed by atoms with Crippen LogP contribution in [0.4, 0.5) is 0 Å². The lowest BCUT2D eigenvalue weighted by Gasteiger charge is -1.89. The van der Waals surface area contributed by atoms with Gasteiger partial charge in [-0.2, -0.15) is 0 Å². The van der Waals surface area contributed by atoms with Crippen molar-refractivity contribution in [2.24, 2.45) is 35.5 Å². The average molecular weight is 617 g/mol. The highest BCUT2D eigenvalue weighted by molar-refractivity contribution is 5.70. The summed E-state index contributed by atoms with van der Waals surface area (Å²) in [6, 6.07) is 0. The van der Waals surface area contributed by atoms with Gasteiger partial charge >= 0.3 is 35.8 Å². The first-order valence-corrected chi connectivity index (χ1v) is 12.9. The van der Waals surface area contributed by atoms with E-state index < -0.39 is 35.8 Å². The predicted molar refractivity (Wildman–Crippen MR) is 158 cm³/mol. The third-order valence-corrected chi connectivity index (χ3v) is 2.96. The lowest BCUT2D eigenvalue weighted by Crippen LogP contribution is -2.03. The van der Waals surface area contributed by atoms with Gasteiger partial charge in [-0.15, -0.1) is 0 Å². The van der Waals surface area contributed by atoms with Gasteiger partial charge in [-0.25, -0.2) is 0 Å². The Kier molecular flexibility index (Phi) is 57.4. The van der Waals surface area contributed by atoms with Crippen LogP contribution in [0.25, 0.3) is 0 Å². The Balaban J connectivity index is -0.0000000530. The largest absolute Gasteiger partial charge is 0.481 e. The van der Waals surface area contributed by atoms with Crippen LogP contribution in [0.1, 0.15) is 96.9 Å². The number of rotatable bonds is 6. The summed E-state index contributed by atoms with van der Waals surface area (Å²) >= 11 is 0. The Labute approximate surface area is 250 Å². The zero-order valence-electron chi connectivity index (χ0n) is 27.6. The molecule has 0 saturated heterocycles. The second-order valence-corrected chi connectivity index (χ2v) is 9.43. The van der Waals surface area contributed by atoms with E-state index in [2.05, 4.69) is 0 Å². The number of carbonyl (C=O) groups is 8. The second-order valence-electron chi connectivity index (χ2n) is 9.43. The molecule has 6 N–H and O–H groups in total. The number of carboxylic acid groups (broad SMARTS) is 6. The lowest BCUT2D eigenvalue weighted by atomic mass is 10.2. The number of carboxylic acids is 6. The van der Waals surface area contributed by atoms with Crippen molar-refractivity contribution in [3.8, 4) is 0 Å². The molecule has 42 heavy (non-hydrogen) atoms. The van der Waals surface area contributed by atoms with Gasteiger partial charge in [0.15, 0.2) is 0 Å². The van der Waals surface area contributed by atoms with E-state index in [4.69, 9.17) is 40.2 Å². The Bertz CT molecular complexity index is 562. The van der Waals surface area contributed by atoms with E-state index in [0.29, 0.717) is 0 Å². The quantitative estimate of drug-likeness (QED) is 0.220. The molecule has 0 unspecified atom stereocenters. The number of aliphatic carboxylic acids is 6. The summed E-state index contributed by atoms with van der Waals surface area (Å²) in [4.78, 5) is 75.8. The minimum absolute atomic E-state index is 0.231. The predicted octanol–water partition coefficient (Wildman–Crippen LogP) is 4.77. The van der Waals surface area contributed by atoms with Gasteiger partial charge in [0.1, 0.15) is 12.6 Å². The van der Waals surface area contributed by atoms with Crippen molar-refractivity contribution in [3.05, 3.63) is 0 Å². The van der Waals surface area contributed by atoms with Crippen LogP contribution < -0.4 is 0 Å². The van der Waals surface area contributed by atoms with Gasteiger partial charge in [0.25, 0.3) is 0 Å². The van der Waals surface area contributed by atoms with Crippen molar-refractivity contribution in [1.82, 2.24) is 0 Å². The molecule has 0 radical (unpaired) electrons. The summed E-state index contributed by atoms with van der Waals surface area (Å²) in [6.07, 6.45) is 1.50. The van der Waals surface area contributed by atoms with Crippen molar-refractivity contribution < 1.29 is 69.0 Å². The smallest absolute Gasteiger partial charge is 0.305 e. The summed E-state index contributed by atoms with van der Waals surface area (Å²) in [5, 5.41) is 47.9. The molecule has 0 aromatic rings. The molecule has 0 rings (SSSR count). The third-order valence-electron chi connectivity index (χ3n) is 2.96. The summed E-state index contributed by atoms with van der Waals surface area (Å²) in [7, 11) is 0. The zero-order valence-corrected chi connectivity index (χ0v) is 27.6. The van der Waals surface area contributed by atoms with E-state index in [1.54, 1.807) is 83.1 Å². The standard InChI is InChI=1S/6C4H8O2.2C2H4O/c6*1-3(2)4(5)6;2*1-2-3/h6*3H,1-2H3,(H,5,6);2*2H,1H3. The highest BCUT2D eigenvalue weighted by Gasteiger charge is 2.01. The Morgan fingerprint density at radius 2 is 0.357 bits per heavy atom. The highest BCUT2D eigenvalue weighted by atomic mass is 16.4. The maximum Gasteiger partial charge on any atom is 0.305 e. The first kappa shape index (κ1) is 57.9. The van der Waals surface area contributed by atoms with Gasteiger partial charge in [-0.3, -0.25) is 28.8 Å². The Hall–Kier alpha value is -3.84. The molecule has 0 aliphatic carbocycles. The van der Waals surface area contributed by atoms with Crippen LogP contribution in [0.15, 0.2) is 0 Å². The minimum Gasteiger partial charge on any atom is -0.481 e. The summed E-state index contributed by atoms with van der Waals surface area (Å²) in [5.41, 5.74) is 0. The zero-order chi connectivity index (χ0) is 36.3. The molecule has 0 heterocycles. The molecule has 0 aliphatic rings. The first-order valence-electron chi connectivity index (χ1n) is 12.9. The van der Waals surface area contributed by atoms with Crippen LogP contribution in [0.5, 0.6) is 0 Å². The van der Waals surface area contributed by atoms with Crippen molar-refractivity contribution in [2.75, 3.05) is 0 Å². The molecule has 0 bridgehead atoms. The Morgan fingerprint density at radius 1 is 0.333 bits per heavy atom. The fraction of sp³-hybridized carbons (Fsp3) is 0.714. The number of aldehydes is 2. The molecule has 0 aliphatic heterocycles. The van der Waals surface area contributed by atoms with Crippen LogP contribution in [0, 0.1) is 35.5 Å². The number of hydrogen-bond donors (Lipinski definition) is 6. The van der Waals surface area contributed by atoms with Gasteiger partial charge in [-0.05, 0) is 13.8 Å². The minimum atomic E-state index is -0.741. The molecule has 0 spiro atoms. The SMILES string of the molecule is CC(C)C(=O)O.CC(C)C(=O)O.CC(C)C(=O)O.CC(C)C(=O)O.CC(C)C(=O)O.CC(C)C(=O)O.CC=O.CC=O. The molecule has 14 nitrogen and oxygen atoms in total. The van der Waals surface area contributed by atoms with E-state index in [1.807, 2.05) is 0 Å². The molecule has 0 aromatic heterocycles. The maximum absolute atomic E-state index is 9.70. The first-order chi connectivity index (χ1) is 18.7. The molecule has 0 fully saturated rings.